The van der Waals surface area contributed by atoms with Crippen LogP contribution in [0.1, 0.15) is 6.92 Å². The van der Waals surface area contributed by atoms with Gasteiger partial charge in [0, 0.05) is 0 Å². The molecule has 0 rings (SSSR count). The van der Waals surface area contributed by atoms with Gasteiger partial charge in [-0.15, -0.1) is 0 Å². The molecule has 0 saturated carbocycles. The van der Waals surface area contributed by atoms with Crippen LogP contribution in [0.3, 0.4) is 0 Å². The maximum Gasteiger partial charge on any atom is 0.187 e. The molecule has 0 spiro atoms. The van der Waals surface area contributed by atoms with Crippen LogP contribution in [0.25, 0.3) is 0 Å². The number of hydrogen-bond donors (Lipinski definition) is 6. The summed E-state index contributed by atoms with van der Waals surface area (Å²) in [6.45, 7) is -0.565. The molecule has 0 fully saturated rings. The smallest absolute Gasteiger partial charge is 0.187 e. The molecule has 0 heterocycles. The van der Waals surface area contributed by atoms with Crippen LogP contribution < -0.4 is 0 Å². The average Bonchev–Trinajstić information content (AvgIpc) is 2.41. The maximum absolute atomic E-state index is 9.66. The van der Waals surface area contributed by atoms with Crippen molar-refractivity contribution in [3.63, 3.8) is 0 Å². The number of ether oxygens (including phenoxy) is 2. The molecule has 0 aromatic carbocycles. The van der Waals surface area contributed by atoms with Crippen LogP contribution in [-0.2, 0) is 9.47 Å². The lowest BCUT2D eigenvalue weighted by atomic mass is 10.2. The van der Waals surface area contributed by atoms with Gasteiger partial charge < -0.3 is 40.1 Å². The minimum absolute atomic E-state index is 0.343. The third-order valence-corrected chi connectivity index (χ3v) is 2.22. The molecule has 8 nitrogen and oxygen atoms in total. The Balaban J connectivity index is 4.59. The highest BCUT2D eigenvalue weighted by Crippen LogP contribution is 2.12. The van der Waals surface area contributed by atoms with E-state index in [0.29, 0.717) is 0 Å². The first-order valence-corrected chi connectivity index (χ1v) is 5.60. The Hall–Kier alpha value is -0.320. The molecule has 0 amide bonds. The second kappa shape index (κ2) is 9.59. The number of aliphatic hydroxyl groups is 6. The molecule has 0 bridgehead atoms. The summed E-state index contributed by atoms with van der Waals surface area (Å²) in [6.07, 6.45) is -6.16. The fraction of sp³-hybridized carbons (Fsp3) is 1.00. The summed E-state index contributed by atoms with van der Waals surface area (Å²) in [4.78, 5) is 0. The van der Waals surface area contributed by atoms with Crippen molar-refractivity contribution >= 4 is 0 Å². The molecule has 0 aromatic rings. The lowest BCUT2D eigenvalue weighted by molar-refractivity contribution is -0.261. The molecule has 8 heteroatoms. The minimum Gasteiger partial charge on any atom is -0.394 e. The van der Waals surface area contributed by atoms with Crippen molar-refractivity contribution in [3.8, 4) is 0 Å². The van der Waals surface area contributed by atoms with Crippen LogP contribution in [0.15, 0.2) is 0 Å². The Bertz CT molecular complexity index is 198. The number of rotatable bonds is 10. The Morgan fingerprint density at radius 1 is 0.833 bits per heavy atom. The Labute approximate surface area is 105 Å². The van der Waals surface area contributed by atoms with Crippen molar-refractivity contribution < 1.29 is 40.1 Å². The fourth-order valence-electron chi connectivity index (χ4n) is 1.09. The summed E-state index contributed by atoms with van der Waals surface area (Å²) in [6, 6.07) is 0. The first-order chi connectivity index (χ1) is 8.49. The van der Waals surface area contributed by atoms with Gasteiger partial charge in [-0.05, 0) is 6.92 Å². The number of aliphatic hydroxyl groups excluding tert-OH is 6. The maximum atomic E-state index is 9.66. The van der Waals surface area contributed by atoms with Crippen LogP contribution >= 0.6 is 0 Å². The van der Waals surface area contributed by atoms with E-state index in [9.17, 15) is 10.2 Å². The summed E-state index contributed by atoms with van der Waals surface area (Å²) in [5, 5.41) is 54.2. The molecule has 0 aliphatic heterocycles. The predicted molar refractivity (Wildman–Crippen MR) is 59.6 cm³/mol. The van der Waals surface area contributed by atoms with Gasteiger partial charge >= 0.3 is 0 Å². The van der Waals surface area contributed by atoms with Crippen molar-refractivity contribution in [2.75, 3.05) is 26.4 Å². The van der Waals surface area contributed by atoms with E-state index in [1.165, 1.54) is 6.92 Å². The zero-order valence-electron chi connectivity index (χ0n) is 10.2. The first-order valence-electron chi connectivity index (χ1n) is 5.60. The molecule has 6 N–H and O–H groups in total. The second-order valence-corrected chi connectivity index (χ2v) is 3.86. The largest absolute Gasteiger partial charge is 0.394 e. The molecule has 0 radical (unpaired) electrons. The Morgan fingerprint density at radius 3 is 1.78 bits per heavy atom. The van der Waals surface area contributed by atoms with Gasteiger partial charge in [0.15, 0.2) is 6.29 Å². The summed E-state index contributed by atoms with van der Waals surface area (Å²) < 4.78 is 10.2. The lowest BCUT2D eigenvalue weighted by Crippen LogP contribution is -2.47. The standard InChI is InChI=1S/C10H22O8/c1-6(2-11)17-10(9(16)8(15)5-14)18-7(3-12)4-13/h6-16H,2-5H2,1H3/t6?,8?,9?,10-/m0/s1. The van der Waals surface area contributed by atoms with Crippen molar-refractivity contribution in [3.05, 3.63) is 0 Å². The van der Waals surface area contributed by atoms with Gasteiger partial charge in [-0.25, -0.2) is 0 Å². The lowest BCUT2D eigenvalue weighted by Gasteiger charge is -2.30. The third-order valence-electron chi connectivity index (χ3n) is 2.22. The third kappa shape index (κ3) is 6.03. The fourth-order valence-corrected chi connectivity index (χ4v) is 1.09. The molecule has 110 valence electrons. The highest BCUT2D eigenvalue weighted by atomic mass is 16.7. The molecule has 3 unspecified atom stereocenters. The average molecular weight is 270 g/mol. The number of hydrogen-bond acceptors (Lipinski definition) is 8. The van der Waals surface area contributed by atoms with Gasteiger partial charge in [0.1, 0.15) is 18.3 Å². The summed E-state index contributed by atoms with van der Waals surface area (Å²) in [5.41, 5.74) is 0. The van der Waals surface area contributed by atoms with Crippen LogP contribution in [0.2, 0.25) is 0 Å². The highest BCUT2D eigenvalue weighted by molar-refractivity contribution is 4.72. The van der Waals surface area contributed by atoms with Gasteiger partial charge in [-0.2, -0.15) is 0 Å². The van der Waals surface area contributed by atoms with Crippen LogP contribution in [0.5, 0.6) is 0 Å². The monoisotopic (exact) mass is 270 g/mol. The summed E-state index contributed by atoms with van der Waals surface area (Å²) >= 11 is 0. The minimum atomic E-state index is -1.58. The van der Waals surface area contributed by atoms with E-state index in [2.05, 4.69) is 0 Å². The van der Waals surface area contributed by atoms with Gasteiger partial charge in [0.2, 0.25) is 0 Å². The molecule has 0 aromatic heterocycles. The van der Waals surface area contributed by atoms with E-state index in [1.54, 1.807) is 0 Å². The topological polar surface area (TPSA) is 140 Å². The van der Waals surface area contributed by atoms with E-state index in [0.717, 1.165) is 0 Å². The first kappa shape index (κ1) is 17.7. The Morgan fingerprint density at radius 2 is 1.39 bits per heavy atom. The van der Waals surface area contributed by atoms with Crippen molar-refractivity contribution in [2.24, 2.45) is 0 Å². The van der Waals surface area contributed by atoms with E-state index in [1.807, 2.05) is 0 Å². The van der Waals surface area contributed by atoms with E-state index in [4.69, 9.17) is 29.9 Å². The van der Waals surface area contributed by atoms with Gasteiger partial charge in [0.05, 0.1) is 32.5 Å². The van der Waals surface area contributed by atoms with E-state index >= 15 is 0 Å². The normalized spacial score (nSPS) is 18.7. The second-order valence-electron chi connectivity index (χ2n) is 3.86. The molecular formula is C10H22O8. The van der Waals surface area contributed by atoms with Crippen LogP contribution in [0.4, 0.5) is 0 Å². The van der Waals surface area contributed by atoms with Crippen molar-refractivity contribution in [1.82, 2.24) is 0 Å². The highest BCUT2D eigenvalue weighted by Gasteiger charge is 2.31. The van der Waals surface area contributed by atoms with Crippen molar-refractivity contribution in [1.29, 1.82) is 0 Å². The van der Waals surface area contributed by atoms with E-state index < -0.39 is 50.5 Å². The van der Waals surface area contributed by atoms with E-state index in [-0.39, 0.29) is 6.61 Å². The van der Waals surface area contributed by atoms with Crippen LogP contribution in [0, 0.1) is 0 Å². The van der Waals surface area contributed by atoms with Gasteiger partial charge in [-0.3, -0.25) is 0 Å². The summed E-state index contributed by atoms with van der Waals surface area (Å²) in [7, 11) is 0. The van der Waals surface area contributed by atoms with Crippen molar-refractivity contribution in [2.45, 2.75) is 37.6 Å². The summed E-state index contributed by atoms with van der Waals surface area (Å²) in [5.74, 6) is 0. The molecule has 0 aliphatic rings. The van der Waals surface area contributed by atoms with Gasteiger partial charge in [-0.1, -0.05) is 0 Å². The van der Waals surface area contributed by atoms with Crippen LogP contribution in [-0.4, -0.2) is 87.8 Å². The quantitative estimate of drug-likeness (QED) is 0.228. The molecule has 4 atom stereocenters. The predicted octanol–water partition coefficient (Wildman–Crippen LogP) is -3.21. The molecule has 0 saturated heterocycles. The zero-order valence-corrected chi connectivity index (χ0v) is 10.2. The van der Waals surface area contributed by atoms with Gasteiger partial charge in [0.25, 0.3) is 0 Å². The Kier molecular flexibility index (Phi) is 9.42. The molecule has 18 heavy (non-hydrogen) atoms. The zero-order chi connectivity index (χ0) is 14.1. The SMILES string of the molecule is CC(CO)O[C@@H](OC(CO)CO)C(O)C(O)CO. The molecular weight excluding hydrogens is 248 g/mol. The molecule has 0 aliphatic carbocycles.